The lowest BCUT2D eigenvalue weighted by Gasteiger charge is -2.18. The lowest BCUT2D eigenvalue weighted by Crippen LogP contribution is -2.30. The Morgan fingerprint density at radius 2 is 0.632 bits per heavy atom. The topological polar surface area (TPSA) is 78.9 Å². The van der Waals surface area contributed by atoms with Gasteiger partial charge in [0.2, 0.25) is 0 Å². The zero-order valence-corrected chi connectivity index (χ0v) is 38.1. The summed E-state index contributed by atoms with van der Waals surface area (Å²) in [5.41, 5.74) is 0. The highest BCUT2D eigenvalue weighted by Crippen LogP contribution is 2.16. The fourth-order valence-electron chi connectivity index (χ4n) is 7.18. The number of carbonyl (C=O) groups excluding carboxylic acids is 3. The molecule has 0 aliphatic heterocycles. The van der Waals surface area contributed by atoms with E-state index in [0.29, 0.717) is 19.3 Å². The van der Waals surface area contributed by atoms with Crippen LogP contribution < -0.4 is 0 Å². The first kappa shape index (κ1) is 54.9. The number of rotatable bonds is 45. The lowest BCUT2D eigenvalue weighted by atomic mass is 10.0. The summed E-state index contributed by atoms with van der Waals surface area (Å²) < 4.78 is 16.7. The molecule has 57 heavy (non-hydrogen) atoms. The second-order valence-corrected chi connectivity index (χ2v) is 16.8. The molecule has 0 aromatic carbocycles. The van der Waals surface area contributed by atoms with Crippen molar-refractivity contribution in [2.75, 3.05) is 13.2 Å². The van der Waals surface area contributed by atoms with Crippen LogP contribution in [0.4, 0.5) is 0 Å². The van der Waals surface area contributed by atoms with Gasteiger partial charge < -0.3 is 14.2 Å². The molecule has 1 unspecified atom stereocenters. The van der Waals surface area contributed by atoms with Crippen LogP contribution in [0.5, 0.6) is 0 Å². The van der Waals surface area contributed by atoms with Gasteiger partial charge in [0.15, 0.2) is 6.10 Å². The number of ether oxygens (including phenoxy) is 3. The number of unbranched alkanes of at least 4 members (excludes halogenated alkanes) is 31. The van der Waals surface area contributed by atoms with Crippen LogP contribution in [-0.2, 0) is 28.6 Å². The lowest BCUT2D eigenvalue weighted by molar-refractivity contribution is -0.167. The molecule has 0 heterocycles. The molecule has 0 aromatic heterocycles. The summed E-state index contributed by atoms with van der Waals surface area (Å²) in [5, 5.41) is 0. The van der Waals surface area contributed by atoms with Gasteiger partial charge in [0.1, 0.15) is 13.2 Å². The summed E-state index contributed by atoms with van der Waals surface area (Å²) in [6.45, 7) is 6.56. The Balaban J connectivity index is 4.24. The smallest absolute Gasteiger partial charge is 0.306 e. The van der Waals surface area contributed by atoms with Crippen molar-refractivity contribution in [1.29, 1.82) is 0 Å². The number of allylic oxidation sites excluding steroid dienone is 4. The first-order valence-corrected chi connectivity index (χ1v) is 24.9. The van der Waals surface area contributed by atoms with Crippen LogP contribution in [0.1, 0.15) is 265 Å². The van der Waals surface area contributed by atoms with Gasteiger partial charge in [-0.25, -0.2) is 0 Å². The maximum Gasteiger partial charge on any atom is 0.306 e. The van der Waals surface area contributed by atoms with Crippen molar-refractivity contribution in [3.05, 3.63) is 24.3 Å². The van der Waals surface area contributed by atoms with Crippen molar-refractivity contribution in [1.82, 2.24) is 0 Å². The SMILES string of the molecule is CCCC/C=C\C=C/CCCCCC(=O)OC(COC(=O)CCCCCCCCCCC)COC(=O)CCCCCCCCCCCCCCCCCCCCC. The van der Waals surface area contributed by atoms with E-state index in [2.05, 4.69) is 45.1 Å². The molecule has 0 N–H and O–H groups in total. The van der Waals surface area contributed by atoms with Crippen LogP contribution >= 0.6 is 0 Å². The van der Waals surface area contributed by atoms with Gasteiger partial charge in [0, 0.05) is 19.3 Å². The molecule has 0 saturated heterocycles. The maximum absolute atomic E-state index is 12.7. The van der Waals surface area contributed by atoms with E-state index in [1.807, 2.05) is 0 Å². The van der Waals surface area contributed by atoms with Crippen LogP contribution in [0.3, 0.4) is 0 Å². The quantitative estimate of drug-likeness (QED) is 0.0264. The molecule has 0 fully saturated rings. The molecule has 0 spiro atoms. The van der Waals surface area contributed by atoms with Gasteiger partial charge in [-0.1, -0.05) is 231 Å². The summed E-state index contributed by atoms with van der Waals surface area (Å²) in [5.74, 6) is -0.899. The van der Waals surface area contributed by atoms with Crippen LogP contribution in [0, 0.1) is 0 Å². The van der Waals surface area contributed by atoms with E-state index >= 15 is 0 Å². The second-order valence-electron chi connectivity index (χ2n) is 16.8. The summed E-state index contributed by atoms with van der Waals surface area (Å²) >= 11 is 0. The van der Waals surface area contributed by atoms with Crippen molar-refractivity contribution in [2.45, 2.75) is 271 Å². The Hall–Kier alpha value is -2.11. The van der Waals surface area contributed by atoms with E-state index in [9.17, 15) is 14.4 Å². The first-order chi connectivity index (χ1) is 28.0. The fourth-order valence-corrected chi connectivity index (χ4v) is 7.18. The van der Waals surface area contributed by atoms with E-state index in [0.717, 1.165) is 70.6 Å². The van der Waals surface area contributed by atoms with Crippen LogP contribution in [0.2, 0.25) is 0 Å². The van der Waals surface area contributed by atoms with Gasteiger partial charge in [-0.15, -0.1) is 0 Å². The predicted molar refractivity (Wildman–Crippen MR) is 243 cm³/mol. The van der Waals surface area contributed by atoms with E-state index in [1.165, 1.54) is 154 Å². The summed E-state index contributed by atoms with van der Waals surface area (Å²) in [6, 6.07) is 0. The maximum atomic E-state index is 12.7. The molecular formula is C51H94O6. The number of esters is 3. The molecule has 0 aliphatic rings. The van der Waals surface area contributed by atoms with E-state index in [4.69, 9.17) is 14.2 Å². The van der Waals surface area contributed by atoms with Crippen molar-refractivity contribution in [3.63, 3.8) is 0 Å². The molecule has 0 aromatic rings. The molecule has 0 amide bonds. The highest BCUT2D eigenvalue weighted by Gasteiger charge is 2.19. The monoisotopic (exact) mass is 803 g/mol. The first-order valence-electron chi connectivity index (χ1n) is 24.9. The van der Waals surface area contributed by atoms with Crippen molar-refractivity contribution >= 4 is 17.9 Å². The Bertz CT molecular complexity index is 927. The molecule has 1 atom stereocenters. The van der Waals surface area contributed by atoms with Crippen LogP contribution in [0.25, 0.3) is 0 Å². The molecular weight excluding hydrogens is 709 g/mol. The Kier molecular flexibility index (Phi) is 44.9. The third kappa shape index (κ3) is 44.8. The predicted octanol–water partition coefficient (Wildman–Crippen LogP) is 16.0. The van der Waals surface area contributed by atoms with Gasteiger partial charge in [-0.2, -0.15) is 0 Å². The second kappa shape index (κ2) is 46.6. The molecule has 0 radical (unpaired) electrons. The number of carbonyl (C=O) groups is 3. The fraction of sp³-hybridized carbons (Fsp3) is 0.863. The van der Waals surface area contributed by atoms with E-state index in [1.54, 1.807) is 0 Å². The normalized spacial score (nSPS) is 12.1. The average Bonchev–Trinajstić information content (AvgIpc) is 3.21. The van der Waals surface area contributed by atoms with Gasteiger partial charge in [0.05, 0.1) is 0 Å². The van der Waals surface area contributed by atoms with Crippen molar-refractivity contribution in [3.8, 4) is 0 Å². The van der Waals surface area contributed by atoms with E-state index < -0.39 is 6.10 Å². The molecule has 6 heteroatoms. The highest BCUT2D eigenvalue weighted by molar-refractivity contribution is 5.71. The number of hydrogen-bond acceptors (Lipinski definition) is 6. The van der Waals surface area contributed by atoms with Crippen molar-refractivity contribution < 1.29 is 28.6 Å². The molecule has 334 valence electrons. The van der Waals surface area contributed by atoms with Gasteiger partial charge in [0.25, 0.3) is 0 Å². The Morgan fingerprint density at radius 3 is 0.982 bits per heavy atom. The molecule has 0 aliphatic carbocycles. The Labute approximate surface area is 353 Å². The zero-order chi connectivity index (χ0) is 41.5. The highest BCUT2D eigenvalue weighted by atomic mass is 16.6. The van der Waals surface area contributed by atoms with E-state index in [-0.39, 0.29) is 31.1 Å². The molecule has 0 rings (SSSR count). The zero-order valence-electron chi connectivity index (χ0n) is 38.1. The minimum absolute atomic E-state index is 0.0778. The largest absolute Gasteiger partial charge is 0.462 e. The van der Waals surface area contributed by atoms with Gasteiger partial charge in [-0.05, 0) is 38.5 Å². The third-order valence-corrected chi connectivity index (χ3v) is 11.0. The molecule has 0 bridgehead atoms. The third-order valence-electron chi connectivity index (χ3n) is 11.0. The minimum atomic E-state index is -0.777. The summed E-state index contributed by atoms with van der Waals surface area (Å²) in [7, 11) is 0. The van der Waals surface area contributed by atoms with Crippen LogP contribution in [0.15, 0.2) is 24.3 Å². The molecule has 0 saturated carbocycles. The standard InChI is InChI=1S/C51H94O6/c1-4-7-10-13-16-19-21-22-23-24-25-26-27-28-30-32-35-38-41-44-50(53)56-47-48(46-55-49(52)43-40-37-34-31-18-15-12-9-6-3)57-51(54)45-42-39-36-33-29-20-17-14-11-8-5-2/h14,17,20,29,48H,4-13,15-16,18-19,21-28,30-47H2,1-3H3/b17-14-,29-20-. The van der Waals surface area contributed by atoms with Crippen LogP contribution in [-0.4, -0.2) is 37.2 Å². The number of hydrogen-bond donors (Lipinski definition) is 0. The van der Waals surface area contributed by atoms with Gasteiger partial charge in [-0.3, -0.25) is 14.4 Å². The average molecular weight is 803 g/mol. The van der Waals surface area contributed by atoms with Crippen molar-refractivity contribution in [2.24, 2.45) is 0 Å². The Morgan fingerprint density at radius 1 is 0.351 bits per heavy atom. The minimum Gasteiger partial charge on any atom is -0.462 e. The molecule has 6 nitrogen and oxygen atoms in total. The van der Waals surface area contributed by atoms with Gasteiger partial charge >= 0.3 is 17.9 Å². The summed E-state index contributed by atoms with van der Waals surface area (Å²) in [4.78, 5) is 37.7. The summed E-state index contributed by atoms with van der Waals surface area (Å²) in [6.07, 6.45) is 51.7.